The van der Waals surface area contributed by atoms with Gasteiger partial charge in [0.2, 0.25) is 0 Å². The van der Waals surface area contributed by atoms with Crippen molar-refractivity contribution in [3.63, 3.8) is 0 Å². The zero-order valence-electron chi connectivity index (χ0n) is 11.2. The fourth-order valence-electron chi connectivity index (χ4n) is 2.29. The Morgan fingerprint density at radius 2 is 1.85 bits per heavy atom. The lowest BCUT2D eigenvalue weighted by Crippen LogP contribution is -1.92. The molecule has 3 aromatic rings. The normalized spacial score (nSPS) is 10.7. The molecule has 0 spiro atoms. The van der Waals surface area contributed by atoms with E-state index in [2.05, 4.69) is 31.7 Å². The third kappa shape index (κ3) is 2.33. The molecule has 0 atom stereocenters. The molecule has 2 heteroatoms. The molecule has 98 valence electrons. The van der Waals surface area contributed by atoms with Crippen LogP contribution in [0.4, 0.5) is 0 Å². The average Bonchev–Trinajstić information content (AvgIpc) is 2.47. The largest absolute Gasteiger partial charge is 0.248 e. The van der Waals surface area contributed by atoms with Gasteiger partial charge in [0, 0.05) is 16.0 Å². The van der Waals surface area contributed by atoms with Gasteiger partial charge in [0.05, 0.1) is 11.2 Å². The number of fused-ring (bicyclic) bond motifs is 1. The van der Waals surface area contributed by atoms with Crippen LogP contribution >= 0.6 is 11.6 Å². The van der Waals surface area contributed by atoms with E-state index in [0.717, 1.165) is 27.7 Å². The lowest BCUT2D eigenvalue weighted by molar-refractivity contribution is 1.31. The van der Waals surface area contributed by atoms with Crippen LogP contribution in [0.15, 0.2) is 61.2 Å². The van der Waals surface area contributed by atoms with Gasteiger partial charge in [-0.1, -0.05) is 54.6 Å². The number of hydrogen-bond acceptors (Lipinski definition) is 1. The summed E-state index contributed by atoms with van der Waals surface area (Å²) in [5.41, 5.74) is 4.96. The number of rotatable bonds is 2. The maximum absolute atomic E-state index is 6.04. The summed E-state index contributed by atoms with van der Waals surface area (Å²) in [6.45, 7) is 6.22. The van der Waals surface area contributed by atoms with Crippen LogP contribution in [-0.4, -0.2) is 4.98 Å². The van der Waals surface area contributed by atoms with E-state index in [1.54, 1.807) is 0 Å². The molecule has 0 fully saturated rings. The van der Waals surface area contributed by atoms with Crippen LogP contribution in [0.3, 0.4) is 0 Å². The van der Waals surface area contributed by atoms with Crippen molar-refractivity contribution in [3.05, 3.63) is 83.0 Å². The van der Waals surface area contributed by atoms with Crippen molar-refractivity contribution in [3.8, 4) is 0 Å². The summed E-state index contributed by atoms with van der Waals surface area (Å²) in [6.07, 6.45) is 0. The van der Waals surface area contributed by atoms with E-state index in [4.69, 9.17) is 16.6 Å². The van der Waals surface area contributed by atoms with Crippen molar-refractivity contribution in [1.29, 1.82) is 0 Å². The van der Waals surface area contributed by atoms with E-state index in [1.807, 2.05) is 36.4 Å². The highest BCUT2D eigenvalue weighted by atomic mass is 35.5. The van der Waals surface area contributed by atoms with Gasteiger partial charge in [-0.25, -0.2) is 4.98 Å². The van der Waals surface area contributed by atoms with Gasteiger partial charge in [-0.2, -0.15) is 0 Å². The van der Waals surface area contributed by atoms with E-state index in [1.165, 1.54) is 5.56 Å². The fraction of sp³-hybridized carbons (Fsp3) is 0.0556. The first-order valence-corrected chi connectivity index (χ1v) is 6.84. The standard InChI is InChI=1S/C18H14ClN/c1-12-5-3-6-14-9-10-17(20-18(12)14)13(2)15-7-4-8-16(19)11-15/h3-11H,2H2,1H3. The monoisotopic (exact) mass is 279 g/mol. The van der Waals surface area contributed by atoms with Crippen LogP contribution in [0.5, 0.6) is 0 Å². The Morgan fingerprint density at radius 3 is 2.65 bits per heavy atom. The second-order valence-corrected chi connectivity index (χ2v) is 5.27. The van der Waals surface area contributed by atoms with Gasteiger partial charge < -0.3 is 0 Å². The molecular weight excluding hydrogens is 266 g/mol. The summed E-state index contributed by atoms with van der Waals surface area (Å²) in [5.74, 6) is 0. The molecule has 1 aromatic heterocycles. The van der Waals surface area contributed by atoms with Crippen molar-refractivity contribution in [1.82, 2.24) is 4.98 Å². The SMILES string of the molecule is C=C(c1cccc(Cl)c1)c1ccc2cccc(C)c2n1. The number of para-hydroxylation sites is 1. The first kappa shape index (κ1) is 12.9. The number of aromatic nitrogens is 1. The summed E-state index contributed by atoms with van der Waals surface area (Å²) >= 11 is 6.04. The molecule has 1 nitrogen and oxygen atoms in total. The highest BCUT2D eigenvalue weighted by Crippen LogP contribution is 2.25. The van der Waals surface area contributed by atoms with E-state index >= 15 is 0 Å². The molecule has 0 amide bonds. The second kappa shape index (κ2) is 5.10. The predicted octanol–water partition coefficient (Wildman–Crippen LogP) is 5.26. The summed E-state index contributed by atoms with van der Waals surface area (Å²) < 4.78 is 0. The highest BCUT2D eigenvalue weighted by Gasteiger charge is 2.06. The lowest BCUT2D eigenvalue weighted by Gasteiger charge is -2.08. The Bertz CT molecular complexity index is 805. The molecule has 0 aliphatic rings. The van der Waals surface area contributed by atoms with Crippen molar-refractivity contribution < 1.29 is 0 Å². The molecular formula is C18H14ClN. The predicted molar refractivity (Wildman–Crippen MR) is 86.1 cm³/mol. The zero-order chi connectivity index (χ0) is 14.1. The lowest BCUT2D eigenvalue weighted by atomic mass is 10.0. The first-order chi connectivity index (χ1) is 9.65. The Labute approximate surface area is 123 Å². The molecule has 0 N–H and O–H groups in total. The first-order valence-electron chi connectivity index (χ1n) is 6.47. The van der Waals surface area contributed by atoms with Gasteiger partial charge in [0.25, 0.3) is 0 Å². The second-order valence-electron chi connectivity index (χ2n) is 4.83. The molecule has 0 aliphatic heterocycles. The van der Waals surface area contributed by atoms with E-state index in [-0.39, 0.29) is 0 Å². The zero-order valence-corrected chi connectivity index (χ0v) is 12.0. The summed E-state index contributed by atoms with van der Waals surface area (Å²) in [7, 11) is 0. The number of pyridine rings is 1. The molecule has 0 aliphatic carbocycles. The van der Waals surface area contributed by atoms with Crippen LogP contribution < -0.4 is 0 Å². The minimum absolute atomic E-state index is 0.709. The molecule has 0 bridgehead atoms. The molecule has 20 heavy (non-hydrogen) atoms. The third-order valence-corrected chi connectivity index (χ3v) is 3.64. The van der Waals surface area contributed by atoms with Crippen LogP contribution in [-0.2, 0) is 0 Å². The molecule has 0 saturated carbocycles. The molecule has 2 aromatic carbocycles. The molecule has 0 saturated heterocycles. The Kier molecular flexibility index (Phi) is 3.29. The van der Waals surface area contributed by atoms with Crippen molar-refractivity contribution >= 4 is 28.1 Å². The third-order valence-electron chi connectivity index (χ3n) is 3.40. The van der Waals surface area contributed by atoms with Gasteiger partial charge in [-0.15, -0.1) is 0 Å². The minimum Gasteiger partial charge on any atom is -0.248 e. The molecule has 0 unspecified atom stereocenters. The number of aryl methyl sites for hydroxylation is 1. The van der Waals surface area contributed by atoms with Crippen LogP contribution in [0, 0.1) is 6.92 Å². The number of halogens is 1. The number of hydrogen-bond donors (Lipinski definition) is 0. The highest BCUT2D eigenvalue weighted by molar-refractivity contribution is 6.30. The Hall–Kier alpha value is -2.12. The van der Waals surface area contributed by atoms with Crippen molar-refractivity contribution in [2.75, 3.05) is 0 Å². The molecule has 1 heterocycles. The Balaban J connectivity index is 2.10. The van der Waals surface area contributed by atoms with Crippen molar-refractivity contribution in [2.45, 2.75) is 6.92 Å². The van der Waals surface area contributed by atoms with Gasteiger partial charge >= 0.3 is 0 Å². The summed E-state index contributed by atoms with van der Waals surface area (Å²) in [4.78, 5) is 4.74. The van der Waals surface area contributed by atoms with Gasteiger partial charge in [0.15, 0.2) is 0 Å². The van der Waals surface area contributed by atoms with Crippen LogP contribution in [0.2, 0.25) is 5.02 Å². The summed E-state index contributed by atoms with van der Waals surface area (Å²) in [6, 6.07) is 18.0. The Morgan fingerprint density at radius 1 is 1.05 bits per heavy atom. The smallest absolute Gasteiger partial charge is 0.0738 e. The fourth-order valence-corrected chi connectivity index (χ4v) is 2.48. The minimum atomic E-state index is 0.709. The maximum atomic E-state index is 6.04. The average molecular weight is 280 g/mol. The molecule has 3 rings (SSSR count). The number of nitrogens with zero attached hydrogens (tertiary/aromatic N) is 1. The van der Waals surface area contributed by atoms with Gasteiger partial charge in [-0.3, -0.25) is 0 Å². The topological polar surface area (TPSA) is 12.9 Å². The van der Waals surface area contributed by atoms with E-state index in [9.17, 15) is 0 Å². The number of benzene rings is 2. The van der Waals surface area contributed by atoms with E-state index in [0.29, 0.717) is 5.02 Å². The van der Waals surface area contributed by atoms with Crippen LogP contribution in [0.25, 0.3) is 16.5 Å². The van der Waals surface area contributed by atoms with E-state index < -0.39 is 0 Å². The summed E-state index contributed by atoms with van der Waals surface area (Å²) in [5, 5.41) is 1.85. The van der Waals surface area contributed by atoms with Crippen LogP contribution in [0.1, 0.15) is 16.8 Å². The maximum Gasteiger partial charge on any atom is 0.0738 e. The molecule has 0 radical (unpaired) electrons. The quantitative estimate of drug-likeness (QED) is 0.624. The van der Waals surface area contributed by atoms with Crippen molar-refractivity contribution in [2.24, 2.45) is 0 Å². The van der Waals surface area contributed by atoms with Gasteiger partial charge in [0.1, 0.15) is 0 Å². The van der Waals surface area contributed by atoms with Gasteiger partial charge in [-0.05, 0) is 36.2 Å².